The molecule has 7 nitrogen and oxygen atoms in total. The number of hydrogen-bond acceptors (Lipinski definition) is 5. The minimum Gasteiger partial charge on any atom is -0.457 e. The lowest BCUT2D eigenvalue weighted by Gasteiger charge is -2.14. The first-order valence-corrected chi connectivity index (χ1v) is 9.96. The number of ether oxygens (including phenoxy) is 1. The zero-order chi connectivity index (χ0) is 22.8. The number of aryl methyl sites for hydroxylation is 1. The number of esters is 1. The molecule has 7 heteroatoms. The van der Waals surface area contributed by atoms with Gasteiger partial charge in [0.2, 0.25) is 5.91 Å². The van der Waals surface area contributed by atoms with Crippen LogP contribution in [0.25, 0.3) is 0 Å². The Kier molecular flexibility index (Phi) is 5.55. The molecule has 0 bridgehead atoms. The molecule has 3 amide bonds. The van der Waals surface area contributed by atoms with E-state index in [-0.39, 0.29) is 29.2 Å². The van der Waals surface area contributed by atoms with E-state index in [4.69, 9.17) is 4.74 Å². The van der Waals surface area contributed by atoms with Crippen LogP contribution in [-0.4, -0.2) is 23.7 Å². The Morgan fingerprint density at radius 3 is 2.19 bits per heavy atom. The van der Waals surface area contributed by atoms with E-state index in [0.717, 1.165) is 16.0 Å². The van der Waals surface area contributed by atoms with Gasteiger partial charge in [0.1, 0.15) is 6.61 Å². The van der Waals surface area contributed by atoms with Crippen LogP contribution < -0.4 is 10.2 Å². The predicted octanol–water partition coefficient (Wildman–Crippen LogP) is 4.11. The largest absolute Gasteiger partial charge is 0.457 e. The SMILES string of the molecule is CC(=O)Nc1ccc(N2C(=O)c3ccc(C(=O)OCc4ccc(C)cc4)cc3C2=O)cc1. The van der Waals surface area contributed by atoms with Crippen LogP contribution in [-0.2, 0) is 16.1 Å². The summed E-state index contributed by atoms with van der Waals surface area (Å²) in [5.41, 5.74) is 3.44. The first kappa shape index (κ1) is 21.0. The highest BCUT2D eigenvalue weighted by Gasteiger charge is 2.37. The Morgan fingerprint density at radius 1 is 0.875 bits per heavy atom. The van der Waals surface area contributed by atoms with E-state index in [2.05, 4.69) is 5.32 Å². The van der Waals surface area contributed by atoms with Crippen molar-refractivity contribution in [3.63, 3.8) is 0 Å². The summed E-state index contributed by atoms with van der Waals surface area (Å²) in [6.07, 6.45) is 0. The van der Waals surface area contributed by atoms with E-state index >= 15 is 0 Å². The highest BCUT2D eigenvalue weighted by atomic mass is 16.5. The van der Waals surface area contributed by atoms with E-state index in [1.54, 1.807) is 24.3 Å². The van der Waals surface area contributed by atoms with Crippen molar-refractivity contribution in [1.29, 1.82) is 0 Å². The first-order valence-electron chi connectivity index (χ1n) is 9.96. The maximum atomic E-state index is 12.9. The molecule has 0 atom stereocenters. The lowest BCUT2D eigenvalue weighted by molar-refractivity contribution is -0.114. The maximum Gasteiger partial charge on any atom is 0.338 e. The smallest absolute Gasteiger partial charge is 0.338 e. The summed E-state index contributed by atoms with van der Waals surface area (Å²) in [7, 11) is 0. The van der Waals surface area contributed by atoms with Crippen molar-refractivity contribution in [1.82, 2.24) is 0 Å². The fraction of sp³-hybridized carbons (Fsp3) is 0.120. The second-order valence-corrected chi connectivity index (χ2v) is 7.50. The lowest BCUT2D eigenvalue weighted by atomic mass is 10.1. The number of rotatable bonds is 5. The van der Waals surface area contributed by atoms with Gasteiger partial charge in [-0.25, -0.2) is 9.69 Å². The molecule has 1 N–H and O–H groups in total. The highest BCUT2D eigenvalue weighted by molar-refractivity contribution is 6.34. The number of anilines is 2. The normalized spacial score (nSPS) is 12.5. The standard InChI is InChI=1S/C25H20N2O5/c1-15-3-5-17(6-4-15)14-32-25(31)18-7-12-21-22(13-18)24(30)27(23(21)29)20-10-8-19(9-11-20)26-16(2)28/h3-13H,14H2,1-2H3,(H,26,28). The van der Waals surface area contributed by atoms with Gasteiger partial charge < -0.3 is 10.1 Å². The highest BCUT2D eigenvalue weighted by Crippen LogP contribution is 2.30. The number of fused-ring (bicyclic) bond motifs is 1. The molecule has 3 aromatic carbocycles. The fourth-order valence-electron chi connectivity index (χ4n) is 3.42. The van der Waals surface area contributed by atoms with E-state index in [0.29, 0.717) is 11.4 Å². The quantitative estimate of drug-likeness (QED) is 0.488. The number of carbonyl (C=O) groups is 4. The number of nitrogens with one attached hydrogen (secondary N) is 1. The second kappa shape index (κ2) is 8.47. The molecule has 0 radical (unpaired) electrons. The first-order chi connectivity index (χ1) is 15.3. The van der Waals surface area contributed by atoms with Crippen molar-refractivity contribution >= 4 is 35.1 Å². The Labute approximate surface area is 184 Å². The summed E-state index contributed by atoms with van der Waals surface area (Å²) in [4.78, 5) is 50.4. The van der Waals surface area contributed by atoms with Crippen LogP contribution >= 0.6 is 0 Å². The summed E-state index contributed by atoms with van der Waals surface area (Å²) >= 11 is 0. The number of nitrogens with zero attached hydrogens (tertiary/aromatic N) is 1. The zero-order valence-electron chi connectivity index (χ0n) is 17.5. The van der Waals surface area contributed by atoms with Crippen molar-refractivity contribution < 1.29 is 23.9 Å². The Balaban J connectivity index is 1.51. The van der Waals surface area contributed by atoms with Crippen LogP contribution in [0.15, 0.2) is 66.7 Å². The number of hydrogen-bond donors (Lipinski definition) is 1. The van der Waals surface area contributed by atoms with E-state index in [1.165, 1.54) is 25.1 Å². The minimum absolute atomic E-state index is 0.107. The molecule has 0 spiro atoms. The predicted molar refractivity (Wildman–Crippen MR) is 119 cm³/mol. The molecule has 0 unspecified atom stereocenters. The Bertz CT molecular complexity index is 1230. The summed E-state index contributed by atoms with van der Waals surface area (Å²) in [6.45, 7) is 3.47. The second-order valence-electron chi connectivity index (χ2n) is 7.50. The van der Waals surface area contributed by atoms with Crippen molar-refractivity contribution in [3.8, 4) is 0 Å². The minimum atomic E-state index is -0.577. The monoisotopic (exact) mass is 428 g/mol. The molecule has 0 fully saturated rings. The lowest BCUT2D eigenvalue weighted by Crippen LogP contribution is -2.29. The maximum absolute atomic E-state index is 12.9. The van der Waals surface area contributed by atoms with Crippen LogP contribution in [0.1, 0.15) is 49.1 Å². The van der Waals surface area contributed by atoms with Crippen LogP contribution in [0.5, 0.6) is 0 Å². The molecule has 0 saturated carbocycles. The Hall–Kier alpha value is -4.26. The van der Waals surface area contributed by atoms with Gasteiger partial charge in [-0.15, -0.1) is 0 Å². The molecular formula is C25H20N2O5. The summed E-state index contributed by atoms with van der Waals surface area (Å²) in [5.74, 6) is -1.80. The molecule has 4 rings (SSSR count). The fourth-order valence-corrected chi connectivity index (χ4v) is 3.42. The van der Waals surface area contributed by atoms with Crippen LogP contribution in [0.4, 0.5) is 11.4 Å². The molecule has 3 aromatic rings. The van der Waals surface area contributed by atoms with E-state index in [1.807, 2.05) is 31.2 Å². The van der Waals surface area contributed by atoms with Gasteiger partial charge in [-0.2, -0.15) is 0 Å². The molecule has 0 aromatic heterocycles. The molecule has 1 aliphatic rings. The Morgan fingerprint density at radius 2 is 1.53 bits per heavy atom. The van der Waals surface area contributed by atoms with Crippen LogP contribution in [0.2, 0.25) is 0 Å². The van der Waals surface area contributed by atoms with Gasteiger partial charge >= 0.3 is 5.97 Å². The van der Waals surface area contributed by atoms with Crippen LogP contribution in [0.3, 0.4) is 0 Å². The summed E-state index contributed by atoms with van der Waals surface area (Å²) < 4.78 is 5.35. The number of amides is 3. The third kappa shape index (κ3) is 4.13. The third-order valence-electron chi connectivity index (χ3n) is 5.06. The number of imide groups is 1. The molecular weight excluding hydrogens is 408 g/mol. The molecule has 1 aliphatic heterocycles. The molecule has 1 heterocycles. The number of benzene rings is 3. The third-order valence-corrected chi connectivity index (χ3v) is 5.06. The molecule has 0 aliphatic carbocycles. The average molecular weight is 428 g/mol. The van der Waals surface area contributed by atoms with Gasteiger partial charge in [0, 0.05) is 12.6 Å². The molecule has 0 saturated heterocycles. The van der Waals surface area contributed by atoms with Crippen molar-refractivity contribution in [2.24, 2.45) is 0 Å². The van der Waals surface area contributed by atoms with Gasteiger partial charge in [0.25, 0.3) is 11.8 Å². The van der Waals surface area contributed by atoms with Crippen molar-refractivity contribution in [2.45, 2.75) is 20.5 Å². The van der Waals surface area contributed by atoms with Gasteiger partial charge in [-0.1, -0.05) is 29.8 Å². The molecule has 32 heavy (non-hydrogen) atoms. The van der Waals surface area contributed by atoms with Gasteiger partial charge in [0.15, 0.2) is 0 Å². The number of carbonyl (C=O) groups excluding carboxylic acids is 4. The van der Waals surface area contributed by atoms with E-state index < -0.39 is 17.8 Å². The van der Waals surface area contributed by atoms with E-state index in [9.17, 15) is 19.2 Å². The zero-order valence-corrected chi connectivity index (χ0v) is 17.5. The topological polar surface area (TPSA) is 92.8 Å². The average Bonchev–Trinajstić information content (AvgIpc) is 3.03. The van der Waals surface area contributed by atoms with Gasteiger partial charge in [-0.05, 0) is 55.0 Å². The summed E-state index contributed by atoms with van der Waals surface area (Å²) in [6, 6.07) is 18.3. The van der Waals surface area contributed by atoms with Crippen LogP contribution in [0, 0.1) is 6.92 Å². The van der Waals surface area contributed by atoms with Gasteiger partial charge in [0.05, 0.1) is 22.4 Å². The van der Waals surface area contributed by atoms with Gasteiger partial charge in [-0.3, -0.25) is 14.4 Å². The van der Waals surface area contributed by atoms with Crippen molar-refractivity contribution in [2.75, 3.05) is 10.2 Å². The summed E-state index contributed by atoms with van der Waals surface area (Å²) in [5, 5.41) is 2.63. The van der Waals surface area contributed by atoms with Crippen molar-refractivity contribution in [3.05, 3.63) is 94.5 Å². The molecule has 160 valence electrons.